The lowest BCUT2D eigenvalue weighted by Gasteiger charge is -2.39. The van der Waals surface area contributed by atoms with Crippen LogP contribution in [0.15, 0.2) is 24.5 Å². The van der Waals surface area contributed by atoms with E-state index in [0.29, 0.717) is 0 Å². The molecule has 0 saturated heterocycles. The molecule has 1 aromatic heterocycles. The highest BCUT2D eigenvalue weighted by atomic mass is 16.1. The highest BCUT2D eigenvalue weighted by Gasteiger charge is 2.36. The van der Waals surface area contributed by atoms with Gasteiger partial charge in [-0.05, 0) is 50.2 Å². The molecule has 104 valence electrons. The first-order valence-corrected chi connectivity index (χ1v) is 6.98. The Bertz CT molecular complexity index is 422. The van der Waals surface area contributed by atoms with E-state index >= 15 is 0 Å². The lowest BCUT2D eigenvalue weighted by molar-refractivity contribution is -0.121. The van der Waals surface area contributed by atoms with Crippen LogP contribution < -0.4 is 11.1 Å². The first-order chi connectivity index (χ1) is 9.01. The summed E-state index contributed by atoms with van der Waals surface area (Å²) in [5, 5.41) is 2.96. The summed E-state index contributed by atoms with van der Waals surface area (Å²) < 4.78 is 0. The van der Waals surface area contributed by atoms with Crippen molar-refractivity contribution in [3.63, 3.8) is 0 Å². The molecule has 4 heteroatoms. The number of amides is 1. The SMILES string of the molecule is CC(N)C1(C)CCC(C(=O)Nc2ccncc2)CC1. The van der Waals surface area contributed by atoms with Gasteiger partial charge in [-0.25, -0.2) is 0 Å². The number of anilines is 1. The van der Waals surface area contributed by atoms with Crippen LogP contribution in [-0.4, -0.2) is 16.9 Å². The minimum atomic E-state index is 0.111. The molecule has 1 atom stereocenters. The van der Waals surface area contributed by atoms with Gasteiger partial charge >= 0.3 is 0 Å². The predicted octanol–water partition coefficient (Wildman–Crippen LogP) is 2.56. The van der Waals surface area contributed by atoms with Gasteiger partial charge in [-0.1, -0.05) is 6.92 Å². The molecule has 1 fully saturated rings. The van der Waals surface area contributed by atoms with Crippen LogP contribution in [0.3, 0.4) is 0 Å². The van der Waals surface area contributed by atoms with Crippen molar-refractivity contribution in [1.82, 2.24) is 4.98 Å². The number of carbonyl (C=O) groups excluding carboxylic acids is 1. The highest BCUT2D eigenvalue weighted by molar-refractivity contribution is 5.92. The Morgan fingerprint density at radius 2 is 2.00 bits per heavy atom. The van der Waals surface area contributed by atoms with Crippen LogP contribution in [-0.2, 0) is 4.79 Å². The topological polar surface area (TPSA) is 68.0 Å². The Hall–Kier alpha value is -1.42. The Morgan fingerprint density at radius 1 is 1.42 bits per heavy atom. The van der Waals surface area contributed by atoms with Crippen molar-refractivity contribution in [3.8, 4) is 0 Å². The molecule has 2 rings (SSSR count). The maximum Gasteiger partial charge on any atom is 0.227 e. The van der Waals surface area contributed by atoms with Gasteiger partial charge in [0.25, 0.3) is 0 Å². The average Bonchev–Trinajstić information content (AvgIpc) is 2.40. The van der Waals surface area contributed by atoms with Gasteiger partial charge in [0.1, 0.15) is 0 Å². The first-order valence-electron chi connectivity index (χ1n) is 6.98. The van der Waals surface area contributed by atoms with Crippen LogP contribution in [0.1, 0.15) is 39.5 Å². The summed E-state index contributed by atoms with van der Waals surface area (Å²) in [5.74, 6) is 0.234. The van der Waals surface area contributed by atoms with Crippen molar-refractivity contribution in [2.24, 2.45) is 17.1 Å². The Kier molecular flexibility index (Phi) is 4.20. The minimum absolute atomic E-state index is 0.111. The number of hydrogen-bond donors (Lipinski definition) is 2. The van der Waals surface area contributed by atoms with E-state index in [4.69, 9.17) is 5.73 Å². The number of nitrogens with one attached hydrogen (secondary N) is 1. The third kappa shape index (κ3) is 3.32. The van der Waals surface area contributed by atoms with E-state index in [1.165, 1.54) is 0 Å². The number of nitrogens with zero attached hydrogens (tertiary/aromatic N) is 1. The molecule has 0 bridgehead atoms. The van der Waals surface area contributed by atoms with Crippen molar-refractivity contribution >= 4 is 11.6 Å². The zero-order chi connectivity index (χ0) is 13.9. The molecule has 1 aromatic rings. The van der Waals surface area contributed by atoms with Gasteiger partial charge in [0.15, 0.2) is 0 Å². The zero-order valence-corrected chi connectivity index (χ0v) is 11.7. The second kappa shape index (κ2) is 5.70. The van der Waals surface area contributed by atoms with Crippen LogP contribution >= 0.6 is 0 Å². The van der Waals surface area contributed by atoms with Crippen LogP contribution in [0.5, 0.6) is 0 Å². The number of carbonyl (C=O) groups is 1. The third-order valence-corrected chi connectivity index (χ3v) is 4.55. The van der Waals surface area contributed by atoms with E-state index < -0.39 is 0 Å². The molecule has 0 spiro atoms. The summed E-state index contributed by atoms with van der Waals surface area (Å²) in [6.07, 6.45) is 7.27. The zero-order valence-electron chi connectivity index (χ0n) is 11.7. The molecule has 1 aliphatic rings. The summed E-state index contributed by atoms with van der Waals surface area (Å²) in [6.45, 7) is 4.30. The van der Waals surface area contributed by atoms with E-state index in [1.807, 2.05) is 12.1 Å². The number of nitrogens with two attached hydrogens (primary N) is 1. The van der Waals surface area contributed by atoms with E-state index in [2.05, 4.69) is 24.1 Å². The molecule has 1 aliphatic carbocycles. The van der Waals surface area contributed by atoms with E-state index in [1.54, 1.807) is 12.4 Å². The predicted molar refractivity (Wildman–Crippen MR) is 76.6 cm³/mol. The van der Waals surface area contributed by atoms with Crippen LogP contribution in [0.25, 0.3) is 0 Å². The van der Waals surface area contributed by atoms with Crippen LogP contribution in [0, 0.1) is 11.3 Å². The summed E-state index contributed by atoms with van der Waals surface area (Å²) in [7, 11) is 0. The smallest absolute Gasteiger partial charge is 0.227 e. The van der Waals surface area contributed by atoms with Crippen molar-refractivity contribution in [2.75, 3.05) is 5.32 Å². The van der Waals surface area contributed by atoms with Gasteiger partial charge in [-0.2, -0.15) is 0 Å². The molecule has 1 heterocycles. The largest absolute Gasteiger partial charge is 0.327 e. The second-order valence-corrected chi connectivity index (χ2v) is 5.94. The van der Waals surface area contributed by atoms with Gasteiger partial charge in [-0.15, -0.1) is 0 Å². The molecule has 19 heavy (non-hydrogen) atoms. The lowest BCUT2D eigenvalue weighted by atomic mass is 9.68. The quantitative estimate of drug-likeness (QED) is 0.878. The van der Waals surface area contributed by atoms with Crippen molar-refractivity contribution in [2.45, 2.75) is 45.6 Å². The van der Waals surface area contributed by atoms with E-state index in [0.717, 1.165) is 31.4 Å². The van der Waals surface area contributed by atoms with Crippen molar-refractivity contribution in [3.05, 3.63) is 24.5 Å². The third-order valence-electron chi connectivity index (χ3n) is 4.55. The summed E-state index contributed by atoms with van der Waals surface area (Å²) in [4.78, 5) is 16.1. The molecule has 4 nitrogen and oxygen atoms in total. The molecular weight excluding hydrogens is 238 g/mol. The fourth-order valence-corrected chi connectivity index (χ4v) is 2.67. The maximum atomic E-state index is 12.2. The summed E-state index contributed by atoms with van der Waals surface area (Å²) >= 11 is 0. The number of rotatable bonds is 3. The van der Waals surface area contributed by atoms with Crippen LogP contribution in [0.2, 0.25) is 0 Å². The molecule has 1 saturated carbocycles. The summed E-state index contributed by atoms with van der Waals surface area (Å²) in [5.41, 5.74) is 7.05. The Morgan fingerprint density at radius 3 is 2.53 bits per heavy atom. The standard InChI is InChI=1S/C15H23N3O/c1-11(16)15(2)7-3-12(4-8-15)14(19)18-13-5-9-17-10-6-13/h5-6,9-12H,3-4,7-8,16H2,1-2H3,(H,17,18,19). The molecule has 0 aliphatic heterocycles. The molecule has 3 N–H and O–H groups in total. The van der Waals surface area contributed by atoms with Gasteiger partial charge < -0.3 is 11.1 Å². The van der Waals surface area contributed by atoms with Crippen LogP contribution in [0.4, 0.5) is 5.69 Å². The lowest BCUT2D eigenvalue weighted by Crippen LogP contribution is -2.41. The first kappa shape index (κ1) is 14.0. The molecule has 1 amide bonds. The Balaban J connectivity index is 1.90. The van der Waals surface area contributed by atoms with Gasteiger partial charge in [-0.3, -0.25) is 9.78 Å². The van der Waals surface area contributed by atoms with Crippen molar-refractivity contribution < 1.29 is 4.79 Å². The van der Waals surface area contributed by atoms with Crippen molar-refractivity contribution in [1.29, 1.82) is 0 Å². The molecule has 0 aromatic carbocycles. The monoisotopic (exact) mass is 261 g/mol. The van der Waals surface area contributed by atoms with Gasteiger partial charge in [0, 0.05) is 30.0 Å². The fourth-order valence-electron chi connectivity index (χ4n) is 2.67. The van der Waals surface area contributed by atoms with Gasteiger partial charge in [0.2, 0.25) is 5.91 Å². The van der Waals surface area contributed by atoms with E-state index in [-0.39, 0.29) is 23.3 Å². The highest BCUT2D eigenvalue weighted by Crippen LogP contribution is 2.40. The minimum Gasteiger partial charge on any atom is -0.327 e. The molecule has 0 radical (unpaired) electrons. The number of hydrogen-bond acceptors (Lipinski definition) is 3. The maximum absolute atomic E-state index is 12.2. The molecular formula is C15H23N3O. The van der Waals surface area contributed by atoms with Gasteiger partial charge in [0.05, 0.1) is 0 Å². The normalized spacial score (nSPS) is 28.7. The average molecular weight is 261 g/mol. The van der Waals surface area contributed by atoms with E-state index in [9.17, 15) is 4.79 Å². The second-order valence-electron chi connectivity index (χ2n) is 5.94. The number of aromatic nitrogens is 1. The Labute approximate surface area is 114 Å². The summed E-state index contributed by atoms with van der Waals surface area (Å²) in [6, 6.07) is 3.82. The number of pyridine rings is 1. The molecule has 1 unspecified atom stereocenters. The fraction of sp³-hybridized carbons (Fsp3) is 0.600.